The van der Waals surface area contributed by atoms with E-state index in [1.54, 1.807) is 0 Å². The van der Waals surface area contributed by atoms with Gasteiger partial charge in [0.2, 0.25) is 0 Å². The number of unbranched alkanes of at least 4 members (excludes halogenated alkanes) is 1. The molecule has 1 heterocycles. The predicted molar refractivity (Wildman–Crippen MR) is 95.8 cm³/mol. The molecule has 1 saturated heterocycles. The first-order valence-corrected chi connectivity index (χ1v) is 8.88. The van der Waals surface area contributed by atoms with Gasteiger partial charge in [0.05, 0.1) is 6.04 Å². The molecule has 4 N–H and O–H groups in total. The average molecular weight is 317 g/mol. The van der Waals surface area contributed by atoms with Gasteiger partial charge in [0, 0.05) is 23.7 Å². The SMILES string of the molecule is CCc1cccc(C(=O)C2NC2CCCC[C@H](NC)C(C)N)c1. The van der Waals surface area contributed by atoms with Gasteiger partial charge < -0.3 is 16.4 Å². The summed E-state index contributed by atoms with van der Waals surface area (Å²) in [6.07, 6.45) is 5.42. The number of hydrogen-bond acceptors (Lipinski definition) is 4. The third-order valence-corrected chi connectivity index (χ3v) is 4.87. The highest BCUT2D eigenvalue weighted by atomic mass is 16.1. The van der Waals surface area contributed by atoms with E-state index < -0.39 is 0 Å². The molecule has 128 valence electrons. The fourth-order valence-corrected chi connectivity index (χ4v) is 3.21. The molecule has 3 unspecified atom stereocenters. The van der Waals surface area contributed by atoms with Crippen molar-refractivity contribution in [2.45, 2.75) is 70.1 Å². The third kappa shape index (κ3) is 5.13. The van der Waals surface area contributed by atoms with Crippen LogP contribution in [0.1, 0.15) is 55.5 Å². The fraction of sp³-hybridized carbons (Fsp3) is 0.632. The number of nitrogens with two attached hydrogens (primary N) is 1. The van der Waals surface area contributed by atoms with E-state index >= 15 is 0 Å². The van der Waals surface area contributed by atoms with Gasteiger partial charge >= 0.3 is 0 Å². The Hall–Kier alpha value is -1.23. The van der Waals surface area contributed by atoms with Gasteiger partial charge in [-0.1, -0.05) is 38.0 Å². The zero-order chi connectivity index (χ0) is 16.8. The monoisotopic (exact) mass is 317 g/mol. The van der Waals surface area contributed by atoms with Gasteiger partial charge in [-0.05, 0) is 44.9 Å². The van der Waals surface area contributed by atoms with Gasteiger partial charge in [0.15, 0.2) is 5.78 Å². The van der Waals surface area contributed by atoms with Crippen molar-refractivity contribution in [1.82, 2.24) is 10.6 Å². The normalized spacial score (nSPS) is 22.6. The molecule has 1 aliphatic heterocycles. The lowest BCUT2D eigenvalue weighted by Gasteiger charge is -2.19. The Labute approximate surface area is 140 Å². The van der Waals surface area contributed by atoms with Crippen LogP contribution in [0.4, 0.5) is 0 Å². The first kappa shape index (κ1) is 18.1. The van der Waals surface area contributed by atoms with Crippen LogP contribution in [-0.4, -0.2) is 37.0 Å². The zero-order valence-electron chi connectivity index (χ0n) is 14.6. The summed E-state index contributed by atoms with van der Waals surface area (Å²) in [6.45, 7) is 4.16. The quantitative estimate of drug-likeness (QED) is 0.351. The molecule has 0 aromatic heterocycles. The molecule has 1 aromatic rings. The summed E-state index contributed by atoms with van der Waals surface area (Å²) in [4.78, 5) is 12.5. The molecule has 0 bridgehead atoms. The molecule has 0 radical (unpaired) electrons. The molecule has 4 heteroatoms. The largest absolute Gasteiger partial charge is 0.327 e. The number of nitrogens with one attached hydrogen (secondary N) is 2. The van der Waals surface area contributed by atoms with Crippen molar-refractivity contribution in [1.29, 1.82) is 0 Å². The Balaban J connectivity index is 1.71. The van der Waals surface area contributed by atoms with Crippen LogP contribution >= 0.6 is 0 Å². The number of Topliss-reactive ketones (excluding diaryl/α,β-unsaturated/α-hetero) is 1. The summed E-state index contributed by atoms with van der Waals surface area (Å²) in [6, 6.07) is 8.96. The third-order valence-electron chi connectivity index (χ3n) is 4.87. The fourth-order valence-electron chi connectivity index (χ4n) is 3.21. The number of ketones is 1. The number of hydrogen-bond donors (Lipinski definition) is 3. The summed E-state index contributed by atoms with van der Waals surface area (Å²) < 4.78 is 0. The van der Waals surface area contributed by atoms with Crippen molar-refractivity contribution in [3.05, 3.63) is 35.4 Å². The highest BCUT2D eigenvalue weighted by molar-refractivity contribution is 6.02. The van der Waals surface area contributed by atoms with Crippen molar-refractivity contribution >= 4 is 5.78 Å². The lowest BCUT2D eigenvalue weighted by molar-refractivity contribution is 0.0987. The zero-order valence-corrected chi connectivity index (χ0v) is 14.6. The lowest BCUT2D eigenvalue weighted by atomic mass is 9.99. The minimum absolute atomic E-state index is 0.0237. The number of aryl methyl sites for hydroxylation is 1. The second-order valence-corrected chi connectivity index (χ2v) is 6.71. The molecule has 1 fully saturated rings. The van der Waals surface area contributed by atoms with Crippen LogP contribution in [0.15, 0.2) is 24.3 Å². The summed E-state index contributed by atoms with van der Waals surface area (Å²) in [5, 5.41) is 6.61. The minimum atomic E-state index is 0.0237. The van der Waals surface area contributed by atoms with Crippen LogP contribution < -0.4 is 16.4 Å². The summed E-state index contributed by atoms with van der Waals surface area (Å²) in [5.74, 6) is 0.244. The molecule has 4 nitrogen and oxygen atoms in total. The number of carbonyl (C=O) groups is 1. The Bertz CT molecular complexity index is 515. The Morgan fingerprint density at radius 1 is 1.39 bits per heavy atom. The molecule has 0 saturated carbocycles. The van der Waals surface area contributed by atoms with Gasteiger partial charge in [0.1, 0.15) is 0 Å². The Kier molecular flexibility index (Phi) is 6.75. The highest BCUT2D eigenvalue weighted by Crippen LogP contribution is 2.23. The number of carbonyl (C=O) groups excluding carboxylic acids is 1. The Morgan fingerprint density at radius 3 is 2.83 bits per heavy atom. The summed E-state index contributed by atoms with van der Waals surface area (Å²) in [7, 11) is 1.97. The van der Waals surface area contributed by atoms with E-state index in [4.69, 9.17) is 5.73 Å². The molecule has 0 aliphatic carbocycles. The maximum Gasteiger partial charge on any atom is 0.181 e. The second-order valence-electron chi connectivity index (χ2n) is 6.71. The molecule has 0 spiro atoms. The topological polar surface area (TPSA) is 77.1 Å². The van der Waals surface area contributed by atoms with E-state index in [1.807, 2.05) is 32.2 Å². The maximum atomic E-state index is 12.5. The van der Waals surface area contributed by atoms with Gasteiger partial charge in [-0.15, -0.1) is 0 Å². The van der Waals surface area contributed by atoms with Gasteiger partial charge in [0.25, 0.3) is 0 Å². The summed E-state index contributed by atoms with van der Waals surface area (Å²) >= 11 is 0. The predicted octanol–water partition coefficient (Wildman–Crippen LogP) is 2.27. The molecule has 1 aliphatic rings. The van der Waals surface area contributed by atoms with E-state index in [9.17, 15) is 4.79 Å². The van der Waals surface area contributed by atoms with Crippen molar-refractivity contribution < 1.29 is 4.79 Å². The van der Waals surface area contributed by atoms with E-state index in [0.717, 1.165) is 37.7 Å². The van der Waals surface area contributed by atoms with Crippen LogP contribution in [-0.2, 0) is 6.42 Å². The van der Waals surface area contributed by atoms with Crippen molar-refractivity contribution in [2.24, 2.45) is 5.73 Å². The standard InChI is InChI=1S/C19H31N3O/c1-4-14-8-7-9-15(12-14)19(23)18-17(22-18)11-6-5-10-16(21-3)13(2)20/h7-9,12-13,16-18,21-22H,4-6,10-11,20H2,1-3H3/t13?,16-,17?,18?/m0/s1. The van der Waals surface area contributed by atoms with Crippen LogP contribution in [0.5, 0.6) is 0 Å². The van der Waals surface area contributed by atoms with E-state index in [-0.39, 0.29) is 17.9 Å². The van der Waals surface area contributed by atoms with E-state index in [1.165, 1.54) is 5.56 Å². The lowest BCUT2D eigenvalue weighted by Crippen LogP contribution is -2.41. The van der Waals surface area contributed by atoms with Crippen LogP contribution in [0.3, 0.4) is 0 Å². The first-order valence-electron chi connectivity index (χ1n) is 8.88. The number of benzene rings is 1. The first-order chi connectivity index (χ1) is 11.1. The highest BCUT2D eigenvalue weighted by Gasteiger charge is 2.41. The maximum absolute atomic E-state index is 12.5. The minimum Gasteiger partial charge on any atom is -0.327 e. The van der Waals surface area contributed by atoms with Crippen LogP contribution in [0.2, 0.25) is 0 Å². The molecule has 0 amide bonds. The second kappa shape index (κ2) is 8.57. The molecule has 2 rings (SSSR count). The summed E-state index contributed by atoms with van der Waals surface area (Å²) in [5.41, 5.74) is 8.00. The molecule has 1 aromatic carbocycles. The van der Waals surface area contributed by atoms with Gasteiger partial charge in [-0.25, -0.2) is 0 Å². The number of rotatable bonds is 10. The van der Waals surface area contributed by atoms with E-state index in [2.05, 4.69) is 23.6 Å². The molecule has 4 atom stereocenters. The van der Waals surface area contributed by atoms with Gasteiger partial charge in [-0.3, -0.25) is 4.79 Å². The van der Waals surface area contributed by atoms with Crippen molar-refractivity contribution in [2.75, 3.05) is 7.05 Å². The van der Waals surface area contributed by atoms with Crippen molar-refractivity contribution in [3.8, 4) is 0 Å². The Morgan fingerprint density at radius 2 is 2.17 bits per heavy atom. The average Bonchev–Trinajstić information content (AvgIpc) is 3.33. The molecular weight excluding hydrogens is 286 g/mol. The molecular formula is C19H31N3O. The van der Waals surface area contributed by atoms with E-state index in [0.29, 0.717) is 12.1 Å². The number of likely N-dealkylation sites (N-methyl/N-ethyl adjacent to an activating group) is 1. The molecule has 23 heavy (non-hydrogen) atoms. The van der Waals surface area contributed by atoms with Crippen LogP contribution in [0, 0.1) is 0 Å². The smallest absolute Gasteiger partial charge is 0.181 e. The van der Waals surface area contributed by atoms with Crippen molar-refractivity contribution in [3.63, 3.8) is 0 Å². The van der Waals surface area contributed by atoms with Gasteiger partial charge in [-0.2, -0.15) is 0 Å². The van der Waals surface area contributed by atoms with Crippen LogP contribution in [0.25, 0.3) is 0 Å².